The van der Waals surface area contributed by atoms with E-state index >= 15 is 0 Å². The summed E-state index contributed by atoms with van der Waals surface area (Å²) < 4.78 is 10.0. The highest BCUT2D eigenvalue weighted by Gasteiger charge is 2.36. The van der Waals surface area contributed by atoms with Gasteiger partial charge < -0.3 is 9.47 Å². The summed E-state index contributed by atoms with van der Waals surface area (Å²) in [5.41, 5.74) is 1.41. The Kier molecular flexibility index (Phi) is 3.46. The summed E-state index contributed by atoms with van der Waals surface area (Å²) in [6.45, 7) is 3.59. The molecule has 0 aliphatic heterocycles. The summed E-state index contributed by atoms with van der Waals surface area (Å²) in [6, 6.07) is 5.19. The third kappa shape index (κ3) is 2.14. The molecule has 0 saturated carbocycles. The number of esters is 1. The van der Waals surface area contributed by atoms with E-state index in [0.29, 0.717) is 17.7 Å². The van der Waals surface area contributed by atoms with Crippen molar-refractivity contribution in [2.45, 2.75) is 6.42 Å². The minimum absolute atomic E-state index is 0.127. The lowest BCUT2D eigenvalue weighted by molar-refractivity contribution is -0.145. The molecule has 0 saturated heterocycles. The number of hydrogen-bond donors (Lipinski definition) is 0. The molecule has 1 aliphatic rings. The van der Waals surface area contributed by atoms with Crippen molar-refractivity contribution in [2.75, 3.05) is 13.7 Å². The minimum atomic E-state index is -0.730. The van der Waals surface area contributed by atoms with Gasteiger partial charge in [0.25, 0.3) is 0 Å². The number of ether oxygens (including phenoxy) is 2. The van der Waals surface area contributed by atoms with Gasteiger partial charge in [0.1, 0.15) is 18.3 Å². The third-order valence-electron chi connectivity index (χ3n) is 2.95. The van der Waals surface area contributed by atoms with Gasteiger partial charge in [-0.05, 0) is 30.2 Å². The Labute approximate surface area is 105 Å². The second-order valence-electron chi connectivity index (χ2n) is 4.06. The maximum Gasteiger partial charge on any atom is 0.317 e. The van der Waals surface area contributed by atoms with Crippen molar-refractivity contribution in [3.05, 3.63) is 42.0 Å². The van der Waals surface area contributed by atoms with E-state index in [1.165, 1.54) is 6.08 Å². The SMILES string of the molecule is C=CCOC(=O)C1Cc2cc(OC)ccc2C1=O. The highest BCUT2D eigenvalue weighted by atomic mass is 16.5. The van der Waals surface area contributed by atoms with Gasteiger partial charge in [0, 0.05) is 5.56 Å². The Morgan fingerprint density at radius 2 is 2.33 bits per heavy atom. The summed E-state index contributed by atoms with van der Waals surface area (Å²) in [7, 11) is 1.56. The van der Waals surface area contributed by atoms with Crippen LogP contribution in [0.2, 0.25) is 0 Å². The van der Waals surface area contributed by atoms with Crippen molar-refractivity contribution in [3.63, 3.8) is 0 Å². The molecule has 0 N–H and O–H groups in total. The molecule has 1 aliphatic carbocycles. The summed E-state index contributed by atoms with van der Waals surface area (Å²) in [6.07, 6.45) is 1.86. The van der Waals surface area contributed by atoms with Crippen molar-refractivity contribution in [1.82, 2.24) is 0 Å². The zero-order valence-corrected chi connectivity index (χ0v) is 10.1. The van der Waals surface area contributed by atoms with Gasteiger partial charge in [0.05, 0.1) is 7.11 Å². The summed E-state index contributed by atoms with van der Waals surface area (Å²) in [5, 5.41) is 0. The number of rotatable bonds is 4. The first kappa shape index (κ1) is 12.4. The standard InChI is InChI=1S/C14H14O4/c1-3-6-18-14(16)12-8-9-7-10(17-2)4-5-11(9)13(12)15/h3-5,7,12H,1,6,8H2,2H3. The smallest absolute Gasteiger partial charge is 0.317 e. The summed E-state index contributed by atoms with van der Waals surface area (Å²) in [5.74, 6) is -0.717. The van der Waals surface area contributed by atoms with Crippen LogP contribution in [0.25, 0.3) is 0 Å². The Balaban J connectivity index is 2.19. The number of hydrogen-bond acceptors (Lipinski definition) is 4. The zero-order chi connectivity index (χ0) is 13.1. The molecule has 0 radical (unpaired) electrons. The number of methoxy groups -OCH3 is 1. The largest absolute Gasteiger partial charge is 0.497 e. The van der Waals surface area contributed by atoms with Crippen molar-refractivity contribution in [3.8, 4) is 5.75 Å². The molecule has 1 aromatic rings. The van der Waals surface area contributed by atoms with E-state index in [1.807, 2.05) is 0 Å². The molecule has 2 rings (SSSR count). The van der Waals surface area contributed by atoms with Gasteiger partial charge in [-0.25, -0.2) is 0 Å². The Morgan fingerprint density at radius 3 is 3.00 bits per heavy atom. The van der Waals surface area contributed by atoms with Crippen molar-refractivity contribution >= 4 is 11.8 Å². The maximum absolute atomic E-state index is 12.0. The predicted molar refractivity (Wildman–Crippen MR) is 65.7 cm³/mol. The van der Waals surface area contributed by atoms with E-state index in [1.54, 1.807) is 25.3 Å². The second kappa shape index (κ2) is 5.04. The molecule has 18 heavy (non-hydrogen) atoms. The molecule has 0 bridgehead atoms. The lowest BCUT2D eigenvalue weighted by atomic mass is 10.1. The monoisotopic (exact) mass is 246 g/mol. The molecular formula is C14H14O4. The Hall–Kier alpha value is -2.10. The fourth-order valence-corrected chi connectivity index (χ4v) is 2.04. The van der Waals surface area contributed by atoms with Gasteiger partial charge >= 0.3 is 5.97 Å². The van der Waals surface area contributed by atoms with Gasteiger partial charge in [-0.3, -0.25) is 9.59 Å². The van der Waals surface area contributed by atoms with Crippen molar-refractivity contribution in [2.24, 2.45) is 5.92 Å². The summed E-state index contributed by atoms with van der Waals surface area (Å²) >= 11 is 0. The molecule has 4 heteroatoms. The lowest BCUT2D eigenvalue weighted by Crippen LogP contribution is -2.23. The molecule has 1 aromatic carbocycles. The highest BCUT2D eigenvalue weighted by molar-refractivity contribution is 6.12. The van der Waals surface area contributed by atoms with E-state index < -0.39 is 11.9 Å². The number of carbonyl (C=O) groups excluding carboxylic acids is 2. The molecule has 1 atom stereocenters. The van der Waals surface area contributed by atoms with Crippen LogP contribution in [0.3, 0.4) is 0 Å². The van der Waals surface area contributed by atoms with Crippen LogP contribution in [0, 0.1) is 5.92 Å². The third-order valence-corrected chi connectivity index (χ3v) is 2.95. The first-order valence-corrected chi connectivity index (χ1v) is 5.66. The van der Waals surface area contributed by atoms with E-state index in [2.05, 4.69) is 6.58 Å². The van der Waals surface area contributed by atoms with Crippen LogP contribution in [-0.2, 0) is 16.0 Å². The maximum atomic E-state index is 12.0. The molecule has 0 heterocycles. The van der Waals surface area contributed by atoms with Crippen molar-refractivity contribution < 1.29 is 19.1 Å². The van der Waals surface area contributed by atoms with Crippen molar-refractivity contribution in [1.29, 1.82) is 0 Å². The molecular weight excluding hydrogens is 232 g/mol. The van der Waals surface area contributed by atoms with E-state index in [9.17, 15) is 9.59 Å². The molecule has 0 amide bonds. The van der Waals surface area contributed by atoms with E-state index in [-0.39, 0.29) is 12.4 Å². The van der Waals surface area contributed by atoms with E-state index in [0.717, 1.165) is 5.56 Å². The first-order valence-electron chi connectivity index (χ1n) is 5.66. The van der Waals surface area contributed by atoms with Gasteiger partial charge in [-0.2, -0.15) is 0 Å². The molecule has 4 nitrogen and oxygen atoms in total. The number of ketones is 1. The molecule has 0 aromatic heterocycles. The molecule has 0 fully saturated rings. The van der Waals surface area contributed by atoms with Gasteiger partial charge in [0.2, 0.25) is 0 Å². The topological polar surface area (TPSA) is 52.6 Å². The number of Topliss-reactive ketones (excluding diaryl/α,β-unsaturated/α-hetero) is 1. The van der Waals surface area contributed by atoms with Gasteiger partial charge in [-0.15, -0.1) is 0 Å². The number of carbonyl (C=O) groups is 2. The molecule has 94 valence electrons. The average molecular weight is 246 g/mol. The van der Waals surface area contributed by atoms with Gasteiger partial charge in [-0.1, -0.05) is 12.7 Å². The van der Waals surface area contributed by atoms with Crippen LogP contribution < -0.4 is 4.74 Å². The van der Waals surface area contributed by atoms with Crippen LogP contribution in [-0.4, -0.2) is 25.5 Å². The Bertz CT molecular complexity index is 505. The predicted octanol–water partition coefficient (Wildman–Crippen LogP) is 1.78. The fraction of sp³-hybridized carbons (Fsp3) is 0.286. The highest BCUT2D eigenvalue weighted by Crippen LogP contribution is 2.30. The minimum Gasteiger partial charge on any atom is -0.497 e. The second-order valence-corrected chi connectivity index (χ2v) is 4.06. The van der Waals surface area contributed by atoms with Gasteiger partial charge in [0.15, 0.2) is 5.78 Å². The fourth-order valence-electron chi connectivity index (χ4n) is 2.04. The Morgan fingerprint density at radius 1 is 1.56 bits per heavy atom. The normalized spacial score (nSPS) is 17.2. The first-order chi connectivity index (χ1) is 8.67. The quantitative estimate of drug-likeness (QED) is 0.461. The molecule has 1 unspecified atom stereocenters. The van der Waals surface area contributed by atoms with Crippen LogP contribution in [0.1, 0.15) is 15.9 Å². The number of benzene rings is 1. The lowest BCUT2D eigenvalue weighted by Gasteiger charge is -2.06. The molecule has 0 spiro atoms. The van der Waals surface area contributed by atoms with Crippen LogP contribution in [0.4, 0.5) is 0 Å². The van der Waals surface area contributed by atoms with E-state index in [4.69, 9.17) is 9.47 Å². The number of fused-ring (bicyclic) bond motifs is 1. The zero-order valence-electron chi connectivity index (χ0n) is 10.1. The van der Waals surface area contributed by atoms with Crippen LogP contribution in [0.5, 0.6) is 5.75 Å². The van der Waals surface area contributed by atoms with Crippen LogP contribution >= 0.6 is 0 Å². The average Bonchev–Trinajstić information content (AvgIpc) is 2.72. The summed E-state index contributed by atoms with van der Waals surface area (Å²) in [4.78, 5) is 23.7. The van der Waals surface area contributed by atoms with Crippen LogP contribution in [0.15, 0.2) is 30.9 Å².